The minimum absolute atomic E-state index is 0.190. The molecule has 25 heavy (non-hydrogen) atoms. The van der Waals surface area contributed by atoms with E-state index >= 15 is 0 Å². The van der Waals surface area contributed by atoms with Gasteiger partial charge in [0, 0.05) is 29.2 Å². The molecule has 0 radical (unpaired) electrons. The molecule has 0 amide bonds. The number of hydrogen-bond acceptors (Lipinski definition) is 1. The van der Waals surface area contributed by atoms with Crippen molar-refractivity contribution < 1.29 is 8.78 Å². The summed E-state index contributed by atoms with van der Waals surface area (Å²) < 4.78 is 26.5. The number of nitrogens with one attached hydrogen (secondary N) is 1. The largest absolute Gasteiger partial charge is 0.357 e. The van der Waals surface area contributed by atoms with Gasteiger partial charge < -0.3 is 4.98 Å². The van der Waals surface area contributed by atoms with Gasteiger partial charge in [-0.15, -0.1) is 0 Å². The number of H-pyrrole nitrogens is 1. The standard InChI is InChI=1S/C21H22F2N2/c22-17-6-4-15(5-7-17)10-12-25-11-2-1-3-21(25)20-14-16-13-18(23)8-9-19(16)24-20/h4-9,13-14,21,24H,1-3,10-12H2. The molecule has 3 aromatic rings. The Morgan fingerprint density at radius 3 is 2.60 bits per heavy atom. The molecule has 0 spiro atoms. The van der Waals surface area contributed by atoms with Crippen molar-refractivity contribution in [2.24, 2.45) is 0 Å². The molecule has 130 valence electrons. The number of benzene rings is 2. The molecule has 2 heterocycles. The molecule has 0 saturated carbocycles. The SMILES string of the molecule is Fc1ccc(CCN2CCCCC2c2cc3cc(F)ccc3[nH]2)cc1. The second-order valence-electron chi connectivity index (χ2n) is 6.88. The van der Waals surface area contributed by atoms with E-state index in [0.29, 0.717) is 6.04 Å². The number of aromatic nitrogens is 1. The lowest BCUT2D eigenvalue weighted by Crippen LogP contribution is -2.35. The monoisotopic (exact) mass is 340 g/mol. The van der Waals surface area contributed by atoms with Crippen molar-refractivity contribution in [3.8, 4) is 0 Å². The molecule has 1 saturated heterocycles. The van der Waals surface area contributed by atoms with E-state index in [1.54, 1.807) is 12.1 Å². The molecule has 1 aliphatic heterocycles. The molecule has 0 aliphatic carbocycles. The summed E-state index contributed by atoms with van der Waals surface area (Å²) in [5.41, 5.74) is 3.31. The van der Waals surface area contributed by atoms with E-state index < -0.39 is 0 Å². The summed E-state index contributed by atoms with van der Waals surface area (Å²) in [6.45, 7) is 2.01. The molecule has 1 fully saturated rings. The molecule has 1 unspecified atom stereocenters. The summed E-state index contributed by atoms with van der Waals surface area (Å²) in [4.78, 5) is 5.96. The third-order valence-corrected chi connectivity index (χ3v) is 5.18. The number of piperidine rings is 1. The van der Waals surface area contributed by atoms with Crippen LogP contribution in [0.15, 0.2) is 48.5 Å². The summed E-state index contributed by atoms with van der Waals surface area (Å²) in [5, 5.41) is 0.930. The van der Waals surface area contributed by atoms with Crippen LogP contribution >= 0.6 is 0 Å². The Morgan fingerprint density at radius 1 is 0.960 bits per heavy atom. The van der Waals surface area contributed by atoms with Crippen LogP contribution in [0.3, 0.4) is 0 Å². The fraction of sp³-hybridized carbons (Fsp3) is 0.333. The molecule has 1 atom stereocenters. The number of halogens is 2. The van der Waals surface area contributed by atoms with Gasteiger partial charge in [-0.25, -0.2) is 8.78 Å². The number of fused-ring (bicyclic) bond motifs is 1. The van der Waals surface area contributed by atoms with Crippen LogP contribution in [-0.2, 0) is 6.42 Å². The predicted molar refractivity (Wildman–Crippen MR) is 96.5 cm³/mol. The molecular weight excluding hydrogens is 318 g/mol. The maximum atomic E-state index is 13.5. The van der Waals surface area contributed by atoms with Crippen molar-refractivity contribution in [3.05, 3.63) is 71.4 Å². The van der Waals surface area contributed by atoms with Gasteiger partial charge in [0.25, 0.3) is 0 Å². The minimum Gasteiger partial charge on any atom is -0.357 e. The first-order chi connectivity index (χ1) is 12.2. The highest BCUT2D eigenvalue weighted by Gasteiger charge is 2.25. The van der Waals surface area contributed by atoms with E-state index in [0.717, 1.165) is 42.4 Å². The van der Waals surface area contributed by atoms with E-state index in [-0.39, 0.29) is 11.6 Å². The van der Waals surface area contributed by atoms with Crippen LogP contribution in [0.5, 0.6) is 0 Å². The van der Waals surface area contributed by atoms with Gasteiger partial charge in [0.15, 0.2) is 0 Å². The molecule has 1 aliphatic rings. The van der Waals surface area contributed by atoms with Gasteiger partial charge in [0.05, 0.1) is 0 Å². The third kappa shape index (κ3) is 3.59. The van der Waals surface area contributed by atoms with Crippen molar-refractivity contribution in [2.75, 3.05) is 13.1 Å². The maximum absolute atomic E-state index is 13.5. The van der Waals surface area contributed by atoms with Crippen LogP contribution in [0.2, 0.25) is 0 Å². The zero-order chi connectivity index (χ0) is 17.2. The van der Waals surface area contributed by atoms with Crippen LogP contribution in [0, 0.1) is 11.6 Å². The van der Waals surface area contributed by atoms with E-state index in [4.69, 9.17) is 0 Å². The Balaban J connectivity index is 1.52. The van der Waals surface area contributed by atoms with Crippen LogP contribution in [0.1, 0.15) is 36.6 Å². The first kappa shape index (κ1) is 16.3. The number of likely N-dealkylation sites (tertiary alicyclic amines) is 1. The van der Waals surface area contributed by atoms with Crippen molar-refractivity contribution in [3.63, 3.8) is 0 Å². The number of aromatic amines is 1. The average Bonchev–Trinajstić information content (AvgIpc) is 3.04. The Kier molecular flexibility index (Phi) is 4.53. The van der Waals surface area contributed by atoms with Crippen molar-refractivity contribution in [1.82, 2.24) is 9.88 Å². The van der Waals surface area contributed by atoms with Crippen molar-refractivity contribution in [1.29, 1.82) is 0 Å². The van der Waals surface area contributed by atoms with Gasteiger partial charge in [-0.05, 0) is 67.8 Å². The average molecular weight is 340 g/mol. The highest BCUT2D eigenvalue weighted by Crippen LogP contribution is 2.32. The fourth-order valence-corrected chi connectivity index (χ4v) is 3.84. The summed E-state index contributed by atoms with van der Waals surface area (Å²) in [5.74, 6) is -0.389. The van der Waals surface area contributed by atoms with Crippen LogP contribution in [0.4, 0.5) is 8.78 Å². The minimum atomic E-state index is -0.199. The number of hydrogen-bond donors (Lipinski definition) is 1. The van der Waals surface area contributed by atoms with Gasteiger partial charge in [-0.2, -0.15) is 0 Å². The summed E-state index contributed by atoms with van der Waals surface area (Å²) in [7, 11) is 0. The highest BCUT2D eigenvalue weighted by molar-refractivity contribution is 5.80. The molecule has 1 aromatic heterocycles. The third-order valence-electron chi connectivity index (χ3n) is 5.18. The Morgan fingerprint density at radius 2 is 1.76 bits per heavy atom. The predicted octanol–water partition coefficient (Wildman–Crippen LogP) is 5.22. The number of rotatable bonds is 4. The second kappa shape index (κ2) is 6.96. The van der Waals surface area contributed by atoms with Crippen LogP contribution in [-0.4, -0.2) is 23.0 Å². The van der Waals surface area contributed by atoms with E-state index in [1.165, 1.54) is 36.7 Å². The van der Waals surface area contributed by atoms with Gasteiger partial charge in [0.2, 0.25) is 0 Å². The van der Waals surface area contributed by atoms with Gasteiger partial charge in [-0.1, -0.05) is 18.6 Å². The quantitative estimate of drug-likeness (QED) is 0.690. The first-order valence-corrected chi connectivity index (χ1v) is 8.96. The van der Waals surface area contributed by atoms with Crippen LogP contribution in [0.25, 0.3) is 10.9 Å². The van der Waals surface area contributed by atoms with E-state index in [2.05, 4.69) is 16.0 Å². The zero-order valence-electron chi connectivity index (χ0n) is 14.1. The maximum Gasteiger partial charge on any atom is 0.123 e. The van der Waals surface area contributed by atoms with Crippen molar-refractivity contribution in [2.45, 2.75) is 31.7 Å². The van der Waals surface area contributed by atoms with Gasteiger partial charge >= 0.3 is 0 Å². The second-order valence-corrected chi connectivity index (χ2v) is 6.88. The van der Waals surface area contributed by atoms with Gasteiger partial charge in [-0.3, -0.25) is 4.90 Å². The fourth-order valence-electron chi connectivity index (χ4n) is 3.84. The van der Waals surface area contributed by atoms with Gasteiger partial charge in [0.1, 0.15) is 11.6 Å². The molecule has 0 bridgehead atoms. The molecule has 4 heteroatoms. The summed E-state index contributed by atoms with van der Waals surface area (Å²) in [6, 6.07) is 14.1. The normalized spacial score (nSPS) is 18.7. The summed E-state index contributed by atoms with van der Waals surface area (Å²) in [6.07, 6.45) is 4.43. The zero-order valence-corrected chi connectivity index (χ0v) is 14.1. The summed E-state index contributed by atoms with van der Waals surface area (Å²) >= 11 is 0. The lowest BCUT2D eigenvalue weighted by atomic mass is 9.98. The molecule has 4 rings (SSSR count). The number of nitrogens with zero attached hydrogens (tertiary/aromatic N) is 1. The van der Waals surface area contributed by atoms with Crippen LogP contribution < -0.4 is 0 Å². The van der Waals surface area contributed by atoms with E-state index in [1.807, 2.05) is 12.1 Å². The Hall–Kier alpha value is -2.20. The lowest BCUT2D eigenvalue weighted by Gasteiger charge is -2.35. The molecular formula is C21H22F2N2. The Labute approximate surface area is 146 Å². The molecule has 2 aromatic carbocycles. The topological polar surface area (TPSA) is 19.0 Å². The smallest absolute Gasteiger partial charge is 0.123 e. The highest BCUT2D eigenvalue weighted by atomic mass is 19.1. The molecule has 1 N–H and O–H groups in total. The first-order valence-electron chi connectivity index (χ1n) is 8.96. The molecule has 2 nitrogen and oxygen atoms in total. The Bertz CT molecular complexity index is 854. The lowest BCUT2D eigenvalue weighted by molar-refractivity contribution is 0.148. The van der Waals surface area contributed by atoms with E-state index in [9.17, 15) is 8.78 Å². The van der Waals surface area contributed by atoms with Crippen molar-refractivity contribution >= 4 is 10.9 Å².